The first-order chi connectivity index (χ1) is 15.4. The first-order valence-corrected chi connectivity index (χ1v) is 11.8. The van der Waals surface area contributed by atoms with Crippen LogP contribution in [0.2, 0.25) is 0 Å². The fraction of sp³-hybridized carbons (Fsp3) is 0.304. The van der Waals surface area contributed by atoms with Gasteiger partial charge in [-0.2, -0.15) is 4.31 Å². The van der Waals surface area contributed by atoms with Gasteiger partial charge in [0.1, 0.15) is 11.8 Å². The number of ether oxygens (including phenoxy) is 2. The predicted molar refractivity (Wildman–Crippen MR) is 118 cm³/mol. The quantitative estimate of drug-likeness (QED) is 0.508. The Kier molecular flexibility index (Phi) is 6.29. The smallest absolute Gasteiger partial charge is 0.324 e. The summed E-state index contributed by atoms with van der Waals surface area (Å²) in [5.41, 5.74) is 3.17. The number of rotatable bonds is 7. The molecule has 0 spiro atoms. The molecule has 1 aliphatic rings. The van der Waals surface area contributed by atoms with Crippen molar-refractivity contribution in [2.45, 2.75) is 31.3 Å². The molecule has 0 saturated carbocycles. The van der Waals surface area contributed by atoms with Crippen molar-refractivity contribution in [1.29, 1.82) is 0 Å². The number of nitrogens with zero attached hydrogens (tertiary/aromatic N) is 3. The fourth-order valence-electron chi connectivity index (χ4n) is 3.91. The van der Waals surface area contributed by atoms with Crippen LogP contribution in [0.4, 0.5) is 0 Å². The molecule has 0 aliphatic carbocycles. The number of imidazole rings is 1. The molecule has 2 aromatic carbocycles. The van der Waals surface area contributed by atoms with Crippen LogP contribution in [0, 0.1) is 0 Å². The molecule has 1 aromatic heterocycles. The molecule has 0 saturated heterocycles. The Bertz CT molecular complexity index is 1190. The molecule has 32 heavy (non-hydrogen) atoms. The lowest BCUT2D eigenvalue weighted by molar-refractivity contribution is -0.145. The molecule has 8 nitrogen and oxygen atoms in total. The van der Waals surface area contributed by atoms with E-state index < -0.39 is 22.0 Å². The zero-order valence-electron chi connectivity index (χ0n) is 18.0. The van der Waals surface area contributed by atoms with Crippen molar-refractivity contribution in [2.24, 2.45) is 0 Å². The number of carbonyl (C=O) groups excluding carboxylic acids is 1. The molecular formula is C23H25N3O5S. The normalized spacial score (nSPS) is 16.4. The Morgan fingerprint density at radius 3 is 2.44 bits per heavy atom. The summed E-state index contributed by atoms with van der Waals surface area (Å²) in [6, 6.07) is 15.7. The van der Waals surface area contributed by atoms with Gasteiger partial charge in [0.25, 0.3) is 0 Å². The molecule has 0 N–H and O–H groups in total. The minimum atomic E-state index is -3.79. The third-order valence-corrected chi connectivity index (χ3v) is 7.40. The van der Waals surface area contributed by atoms with E-state index in [9.17, 15) is 13.2 Å². The zero-order chi connectivity index (χ0) is 22.7. The highest BCUT2D eigenvalue weighted by Crippen LogP contribution is 2.28. The number of fused-ring (bicyclic) bond motifs is 1. The average Bonchev–Trinajstić information content (AvgIpc) is 3.20. The van der Waals surface area contributed by atoms with Gasteiger partial charge in [-0.25, -0.2) is 13.4 Å². The van der Waals surface area contributed by atoms with Crippen LogP contribution in [0.5, 0.6) is 5.75 Å². The summed E-state index contributed by atoms with van der Waals surface area (Å²) in [4.78, 5) is 16.9. The molecule has 9 heteroatoms. The Morgan fingerprint density at radius 1 is 1.06 bits per heavy atom. The summed E-state index contributed by atoms with van der Waals surface area (Å²) in [7, 11) is -0.905. The van der Waals surface area contributed by atoms with E-state index in [4.69, 9.17) is 9.47 Å². The minimum absolute atomic E-state index is 0.0560. The van der Waals surface area contributed by atoms with Crippen molar-refractivity contribution in [3.05, 3.63) is 83.4 Å². The lowest BCUT2D eigenvalue weighted by atomic mass is 10.1. The van der Waals surface area contributed by atoms with Crippen molar-refractivity contribution < 1.29 is 22.7 Å². The van der Waals surface area contributed by atoms with E-state index in [0.717, 1.165) is 17.0 Å². The molecule has 3 aromatic rings. The fourth-order valence-corrected chi connectivity index (χ4v) is 5.55. The molecule has 4 rings (SSSR count). The van der Waals surface area contributed by atoms with Crippen LogP contribution >= 0.6 is 0 Å². The van der Waals surface area contributed by atoms with Gasteiger partial charge >= 0.3 is 5.97 Å². The zero-order valence-corrected chi connectivity index (χ0v) is 18.8. The highest BCUT2D eigenvalue weighted by atomic mass is 32.2. The maximum Gasteiger partial charge on any atom is 0.324 e. The number of methoxy groups -OCH3 is 2. The molecule has 0 unspecified atom stereocenters. The van der Waals surface area contributed by atoms with Crippen LogP contribution in [0.15, 0.2) is 60.9 Å². The first-order valence-electron chi connectivity index (χ1n) is 10.2. The van der Waals surface area contributed by atoms with Crippen molar-refractivity contribution in [1.82, 2.24) is 13.9 Å². The minimum Gasteiger partial charge on any atom is -0.497 e. The van der Waals surface area contributed by atoms with Crippen molar-refractivity contribution in [2.75, 3.05) is 14.2 Å². The summed E-state index contributed by atoms with van der Waals surface area (Å²) >= 11 is 0. The van der Waals surface area contributed by atoms with E-state index in [-0.39, 0.29) is 18.7 Å². The lowest BCUT2D eigenvalue weighted by Crippen LogP contribution is -2.49. The number of hydrogen-bond donors (Lipinski definition) is 0. The van der Waals surface area contributed by atoms with E-state index >= 15 is 0 Å². The van der Waals surface area contributed by atoms with Gasteiger partial charge in [0.05, 0.1) is 44.2 Å². The van der Waals surface area contributed by atoms with Crippen LogP contribution in [-0.4, -0.2) is 48.5 Å². The van der Waals surface area contributed by atoms with Gasteiger partial charge in [-0.05, 0) is 23.3 Å². The van der Waals surface area contributed by atoms with E-state index in [0.29, 0.717) is 17.8 Å². The van der Waals surface area contributed by atoms with Crippen LogP contribution in [0.3, 0.4) is 0 Å². The summed E-state index contributed by atoms with van der Waals surface area (Å²) in [6.45, 7) is 0.586. The Morgan fingerprint density at radius 2 is 1.78 bits per heavy atom. The van der Waals surface area contributed by atoms with E-state index in [1.54, 1.807) is 37.7 Å². The van der Waals surface area contributed by atoms with Gasteiger partial charge in [-0.3, -0.25) is 4.79 Å². The number of hydrogen-bond acceptors (Lipinski definition) is 6. The monoisotopic (exact) mass is 455 g/mol. The Hall–Kier alpha value is -3.17. The van der Waals surface area contributed by atoms with Crippen molar-refractivity contribution in [3.63, 3.8) is 0 Å². The largest absolute Gasteiger partial charge is 0.497 e. The van der Waals surface area contributed by atoms with E-state index in [1.165, 1.54) is 11.4 Å². The average molecular weight is 456 g/mol. The maximum atomic E-state index is 13.3. The molecular weight excluding hydrogens is 430 g/mol. The molecule has 0 fully saturated rings. The van der Waals surface area contributed by atoms with Crippen molar-refractivity contribution in [3.8, 4) is 5.75 Å². The highest BCUT2D eigenvalue weighted by molar-refractivity contribution is 7.88. The summed E-state index contributed by atoms with van der Waals surface area (Å²) in [6.07, 6.45) is 1.86. The summed E-state index contributed by atoms with van der Waals surface area (Å²) in [5, 5.41) is 0. The van der Waals surface area contributed by atoms with E-state index in [1.807, 2.05) is 34.9 Å². The number of esters is 1. The highest BCUT2D eigenvalue weighted by Gasteiger charge is 2.41. The standard InChI is InChI=1S/C23H25N3O5S/c1-30-19-10-8-17(9-11-19)13-25-16-24-20-12-21(23(27)31-2)26(14-22(20)25)32(28,29)15-18-6-4-3-5-7-18/h3-11,16,21H,12-15H2,1-2H3/t21-/m0/s1. The van der Waals surface area contributed by atoms with Gasteiger partial charge in [0.2, 0.25) is 10.0 Å². The number of sulfonamides is 1. The third-order valence-electron chi connectivity index (χ3n) is 5.61. The summed E-state index contributed by atoms with van der Waals surface area (Å²) < 4.78 is 40.0. The SMILES string of the molecule is COC(=O)[C@@H]1Cc2ncn(Cc3ccc(OC)cc3)c2CN1S(=O)(=O)Cc1ccccc1. The van der Waals surface area contributed by atoms with Gasteiger partial charge in [0, 0.05) is 13.0 Å². The molecule has 1 atom stereocenters. The molecule has 168 valence electrons. The van der Waals surface area contributed by atoms with Gasteiger partial charge in [0.15, 0.2) is 0 Å². The maximum absolute atomic E-state index is 13.3. The number of carbonyl (C=O) groups is 1. The van der Waals surface area contributed by atoms with Crippen LogP contribution in [-0.2, 0) is 44.8 Å². The van der Waals surface area contributed by atoms with Crippen molar-refractivity contribution >= 4 is 16.0 Å². The van der Waals surface area contributed by atoms with Gasteiger partial charge < -0.3 is 14.0 Å². The number of aromatic nitrogens is 2. The summed E-state index contributed by atoms with van der Waals surface area (Å²) in [5.74, 6) is -0.0129. The predicted octanol–water partition coefficient (Wildman–Crippen LogP) is 2.37. The topological polar surface area (TPSA) is 90.7 Å². The molecule has 1 aliphatic heterocycles. The second-order valence-corrected chi connectivity index (χ2v) is 9.57. The second-order valence-electron chi connectivity index (χ2n) is 7.64. The lowest BCUT2D eigenvalue weighted by Gasteiger charge is -2.33. The Balaban J connectivity index is 1.64. The third kappa shape index (κ3) is 4.53. The Labute approximate surface area is 187 Å². The van der Waals surface area contributed by atoms with E-state index in [2.05, 4.69) is 4.98 Å². The van der Waals surface area contributed by atoms with Gasteiger partial charge in [-0.1, -0.05) is 42.5 Å². The number of benzene rings is 2. The van der Waals surface area contributed by atoms with Gasteiger partial charge in [-0.15, -0.1) is 0 Å². The molecule has 0 bridgehead atoms. The first kappa shape index (κ1) is 22.0. The molecule has 0 amide bonds. The van der Waals surface area contributed by atoms with Crippen LogP contribution in [0.1, 0.15) is 22.5 Å². The van der Waals surface area contributed by atoms with Crippen LogP contribution in [0.25, 0.3) is 0 Å². The molecule has 0 radical (unpaired) electrons. The van der Waals surface area contributed by atoms with Crippen LogP contribution < -0.4 is 4.74 Å². The molecule has 2 heterocycles. The second kappa shape index (κ2) is 9.13.